The van der Waals surface area contributed by atoms with E-state index in [1.54, 1.807) is 27.9 Å². The van der Waals surface area contributed by atoms with Gasteiger partial charge in [0, 0.05) is 11.8 Å². The number of hydrogen-bond acceptors (Lipinski definition) is 0. The molecule has 8 aliphatic rings. The van der Waals surface area contributed by atoms with E-state index in [-0.39, 0.29) is 0 Å². The molecule has 3 atom stereocenters. The van der Waals surface area contributed by atoms with Crippen molar-refractivity contribution in [2.45, 2.75) is 57.8 Å². The van der Waals surface area contributed by atoms with Crippen LogP contribution in [0.4, 0.5) is 0 Å². The highest BCUT2D eigenvalue weighted by molar-refractivity contribution is 5.98. The molecule has 0 spiro atoms. The number of rotatable bonds is 5. The molecule has 0 heteroatoms. The summed E-state index contributed by atoms with van der Waals surface area (Å²) in [4.78, 5) is 0. The summed E-state index contributed by atoms with van der Waals surface area (Å²) in [5, 5.41) is 5.81. The highest BCUT2D eigenvalue weighted by atomic mass is 14.4. The minimum atomic E-state index is 0.334. The van der Waals surface area contributed by atoms with Gasteiger partial charge in [0.15, 0.2) is 0 Å². The minimum Gasteiger partial charge on any atom is -0.0842 e. The van der Waals surface area contributed by atoms with E-state index in [0.29, 0.717) is 11.8 Å². The maximum atomic E-state index is 2.50. The van der Waals surface area contributed by atoms with Crippen molar-refractivity contribution < 1.29 is 0 Å². The molecule has 3 aromatic carbocycles. The summed E-state index contributed by atoms with van der Waals surface area (Å²) in [7, 11) is 0. The third-order valence-corrected chi connectivity index (χ3v) is 13.5. The number of hydrogen-bond donors (Lipinski definition) is 0. The first kappa shape index (κ1) is 32.0. The molecular weight excluding hydrogens is 649 g/mol. The van der Waals surface area contributed by atoms with Crippen LogP contribution < -0.4 is 20.9 Å². The molecule has 0 bridgehead atoms. The fourth-order valence-electron chi connectivity index (χ4n) is 10.9. The zero-order valence-corrected chi connectivity index (χ0v) is 31.0. The Morgan fingerprint density at radius 2 is 1.15 bits per heavy atom. The van der Waals surface area contributed by atoms with Gasteiger partial charge in [-0.1, -0.05) is 152 Å². The molecule has 0 heterocycles. The summed E-state index contributed by atoms with van der Waals surface area (Å²) in [5.41, 5.74) is 19.4. The zero-order chi connectivity index (χ0) is 35.6. The molecule has 0 N–H and O–H groups in total. The molecule has 0 fully saturated rings. The van der Waals surface area contributed by atoms with Gasteiger partial charge in [0.25, 0.3) is 0 Å². The van der Waals surface area contributed by atoms with Crippen molar-refractivity contribution in [3.8, 4) is 11.1 Å². The van der Waals surface area contributed by atoms with Crippen LogP contribution >= 0.6 is 0 Å². The second-order valence-electron chi connectivity index (χ2n) is 16.4. The van der Waals surface area contributed by atoms with Crippen LogP contribution in [0.25, 0.3) is 33.4 Å². The molecule has 0 saturated heterocycles. The Morgan fingerprint density at radius 3 is 1.93 bits per heavy atom. The molecule has 3 aromatic rings. The topological polar surface area (TPSA) is 0 Å². The molecule has 0 nitrogen and oxygen atoms in total. The molecular formula is C54H46. The monoisotopic (exact) mass is 694 g/mol. The van der Waals surface area contributed by atoms with E-state index in [0.717, 1.165) is 44.4 Å². The number of allylic oxidation sites excluding steroid dienone is 20. The maximum Gasteiger partial charge on any atom is 0.0134 e. The van der Waals surface area contributed by atoms with Crippen molar-refractivity contribution in [1.82, 2.24) is 0 Å². The summed E-state index contributed by atoms with van der Waals surface area (Å²) < 4.78 is 0. The van der Waals surface area contributed by atoms with Gasteiger partial charge in [0.1, 0.15) is 0 Å². The fourth-order valence-corrected chi connectivity index (χ4v) is 10.9. The van der Waals surface area contributed by atoms with Crippen molar-refractivity contribution in [3.63, 3.8) is 0 Å². The van der Waals surface area contributed by atoms with Crippen LogP contribution in [0.2, 0.25) is 0 Å². The van der Waals surface area contributed by atoms with E-state index in [1.807, 2.05) is 0 Å². The standard InChI is InChI=1S/C54H46/c1-2-11-40-34-41(31-30-37(40)10-1)38-26-22-35(23-27-38)20-21-36-24-28-39(29-25-36)52-45-14-5-7-16-47(45)54(48-17-8-6-15-46(48)52)51-33-32-50-43-13-4-3-12-42(43)44-18-9-19-49(51)53(44)50/h1,3-10,12-22,24,26,28,30-31,40,45,47H,2,11,23,25,27,29,32-34H2. The van der Waals surface area contributed by atoms with E-state index >= 15 is 0 Å². The molecule has 0 saturated carbocycles. The first-order chi connectivity index (χ1) is 26.8. The van der Waals surface area contributed by atoms with Crippen molar-refractivity contribution in [3.05, 3.63) is 212 Å². The average Bonchev–Trinajstić information content (AvgIpc) is 3.57. The van der Waals surface area contributed by atoms with E-state index in [2.05, 4.69) is 152 Å². The second kappa shape index (κ2) is 13.1. The van der Waals surface area contributed by atoms with Crippen LogP contribution in [0, 0.1) is 17.8 Å². The fraction of sp³-hybridized carbons (Fsp3) is 0.222. The molecule has 54 heavy (non-hydrogen) atoms. The van der Waals surface area contributed by atoms with Crippen LogP contribution in [0.5, 0.6) is 0 Å². The lowest BCUT2D eigenvalue weighted by molar-refractivity contribution is 0.552. The summed E-state index contributed by atoms with van der Waals surface area (Å²) in [5.74, 6) is 1.39. The highest BCUT2D eigenvalue weighted by Gasteiger charge is 2.35. The van der Waals surface area contributed by atoms with Gasteiger partial charge in [-0.15, -0.1) is 0 Å². The molecule has 262 valence electrons. The second-order valence-corrected chi connectivity index (χ2v) is 16.4. The lowest BCUT2D eigenvalue weighted by Crippen LogP contribution is -2.43. The normalized spacial score (nSPS) is 24.8. The van der Waals surface area contributed by atoms with Crippen molar-refractivity contribution in [2.75, 3.05) is 0 Å². The summed E-state index contributed by atoms with van der Waals surface area (Å²) in [6.07, 6.45) is 43.8. The Labute approximate surface area is 319 Å². The van der Waals surface area contributed by atoms with E-state index in [4.69, 9.17) is 0 Å². The lowest BCUT2D eigenvalue weighted by atomic mass is 9.67. The van der Waals surface area contributed by atoms with E-state index in [1.165, 1.54) is 84.7 Å². The highest BCUT2D eigenvalue weighted by Crippen LogP contribution is 2.45. The van der Waals surface area contributed by atoms with Crippen molar-refractivity contribution in [1.29, 1.82) is 0 Å². The molecule has 0 aromatic heterocycles. The van der Waals surface area contributed by atoms with Gasteiger partial charge in [-0.2, -0.15) is 0 Å². The van der Waals surface area contributed by atoms with E-state index in [9.17, 15) is 0 Å². The Bertz CT molecular complexity index is 2730. The number of benzene rings is 3. The van der Waals surface area contributed by atoms with Gasteiger partial charge in [0.2, 0.25) is 0 Å². The zero-order valence-electron chi connectivity index (χ0n) is 31.0. The Balaban J connectivity index is 0.950. The number of fused-ring (bicyclic) bond motifs is 6. The predicted molar refractivity (Wildman–Crippen MR) is 227 cm³/mol. The SMILES string of the molecule is C1=CC2C(C3=CC=C(C=CC4=CC=C(C5=CC=C6C=CCCC6C5)CC4)CC3)=c3ccccc3=C(C3=c4cccc5c4=C(CC3)c3ccccc3-5)C2C=C1. The van der Waals surface area contributed by atoms with Crippen LogP contribution in [0.1, 0.15) is 63.4 Å². The lowest BCUT2D eigenvalue weighted by Gasteiger charge is -2.36. The first-order valence-electron chi connectivity index (χ1n) is 20.5. The summed E-state index contributed by atoms with van der Waals surface area (Å²) in [6, 6.07) is 25.4. The molecule has 3 unspecified atom stereocenters. The summed E-state index contributed by atoms with van der Waals surface area (Å²) >= 11 is 0. The van der Waals surface area contributed by atoms with Gasteiger partial charge in [-0.3, -0.25) is 0 Å². The van der Waals surface area contributed by atoms with Crippen molar-refractivity contribution >= 4 is 22.3 Å². The smallest absolute Gasteiger partial charge is 0.0134 e. The molecule has 11 rings (SSSR count). The Kier molecular flexibility index (Phi) is 7.79. The third kappa shape index (κ3) is 5.25. The van der Waals surface area contributed by atoms with Crippen LogP contribution in [0.15, 0.2) is 185 Å². The minimum absolute atomic E-state index is 0.334. The van der Waals surface area contributed by atoms with Gasteiger partial charge in [-0.05, 0) is 157 Å². The quantitative estimate of drug-likeness (QED) is 0.249. The third-order valence-electron chi connectivity index (χ3n) is 13.5. The van der Waals surface area contributed by atoms with Gasteiger partial charge >= 0.3 is 0 Å². The Hall–Kier alpha value is -5.46. The van der Waals surface area contributed by atoms with Crippen LogP contribution in [0.3, 0.4) is 0 Å². The predicted octanol–water partition coefficient (Wildman–Crippen LogP) is 10.3. The van der Waals surface area contributed by atoms with Crippen LogP contribution in [-0.4, -0.2) is 0 Å². The Morgan fingerprint density at radius 1 is 0.500 bits per heavy atom. The van der Waals surface area contributed by atoms with E-state index < -0.39 is 0 Å². The molecule has 0 amide bonds. The van der Waals surface area contributed by atoms with Gasteiger partial charge < -0.3 is 0 Å². The van der Waals surface area contributed by atoms with Gasteiger partial charge in [0.05, 0.1) is 0 Å². The van der Waals surface area contributed by atoms with Crippen LogP contribution in [-0.2, 0) is 0 Å². The van der Waals surface area contributed by atoms with Crippen molar-refractivity contribution in [2.24, 2.45) is 17.8 Å². The average molecular weight is 695 g/mol. The van der Waals surface area contributed by atoms with Gasteiger partial charge in [-0.25, -0.2) is 0 Å². The largest absolute Gasteiger partial charge is 0.0842 e. The summed E-state index contributed by atoms with van der Waals surface area (Å²) in [6.45, 7) is 0. The molecule has 0 radical (unpaired) electrons. The molecule has 8 aliphatic carbocycles. The maximum absolute atomic E-state index is 2.50. The first-order valence-corrected chi connectivity index (χ1v) is 20.5. The molecule has 0 aliphatic heterocycles.